The number of halogens is 4. The molecule has 5 nitrogen and oxygen atoms in total. The number of aromatic nitrogens is 5. The van der Waals surface area contributed by atoms with Gasteiger partial charge >= 0.3 is 6.18 Å². The molecule has 0 atom stereocenters. The lowest BCUT2D eigenvalue weighted by atomic mass is 10.1. The van der Waals surface area contributed by atoms with Crippen molar-refractivity contribution in [2.75, 3.05) is 0 Å². The summed E-state index contributed by atoms with van der Waals surface area (Å²) in [6.07, 6.45) is -3.03. The summed E-state index contributed by atoms with van der Waals surface area (Å²) in [6.45, 7) is 3.76. The third-order valence-corrected chi connectivity index (χ3v) is 4.41. The Morgan fingerprint density at radius 3 is 2.58 bits per heavy atom. The topological polar surface area (TPSA) is 48.0 Å². The standard InChI is InChI=1S/C17H13ClF3N5/c1-9(2)12-6-7-13(15-23-16(17(19,20)21)24-26(12)15)25-14-10(8-22-25)4-3-5-11(14)18/h3-9H,1-2H3. The van der Waals surface area contributed by atoms with Crippen molar-refractivity contribution < 1.29 is 13.2 Å². The average molecular weight is 380 g/mol. The summed E-state index contributed by atoms with van der Waals surface area (Å²) < 4.78 is 42.2. The molecule has 9 heteroatoms. The zero-order valence-corrected chi connectivity index (χ0v) is 14.5. The van der Waals surface area contributed by atoms with Crippen LogP contribution in [0, 0.1) is 0 Å². The van der Waals surface area contributed by atoms with Crippen LogP contribution in [0.15, 0.2) is 36.5 Å². The van der Waals surface area contributed by atoms with Gasteiger partial charge in [0.1, 0.15) is 5.69 Å². The number of para-hydroxylation sites is 1. The largest absolute Gasteiger partial charge is 0.453 e. The van der Waals surface area contributed by atoms with Gasteiger partial charge in [0.25, 0.3) is 5.82 Å². The van der Waals surface area contributed by atoms with E-state index in [9.17, 15) is 13.2 Å². The quantitative estimate of drug-likeness (QED) is 0.499. The van der Waals surface area contributed by atoms with Gasteiger partial charge in [-0.3, -0.25) is 0 Å². The van der Waals surface area contributed by atoms with Crippen molar-refractivity contribution in [3.8, 4) is 5.69 Å². The van der Waals surface area contributed by atoms with Crippen LogP contribution in [0.1, 0.15) is 31.3 Å². The second-order valence-corrected chi connectivity index (χ2v) is 6.61. The van der Waals surface area contributed by atoms with Crippen molar-refractivity contribution in [1.82, 2.24) is 24.4 Å². The fourth-order valence-electron chi connectivity index (χ4n) is 2.91. The first kappa shape index (κ1) is 16.8. The number of hydrogen-bond donors (Lipinski definition) is 0. The van der Waals surface area contributed by atoms with Crippen LogP contribution in [0.2, 0.25) is 5.02 Å². The first-order chi connectivity index (χ1) is 12.3. The minimum Gasteiger partial charge on any atom is -0.228 e. The molecule has 4 rings (SSSR count). The third kappa shape index (κ3) is 2.52. The molecular formula is C17H13ClF3N5. The Hall–Kier alpha value is -2.61. The minimum absolute atomic E-state index is 0.0349. The molecule has 0 bridgehead atoms. The van der Waals surface area contributed by atoms with E-state index >= 15 is 0 Å². The van der Waals surface area contributed by atoms with Gasteiger partial charge in [-0.15, -0.1) is 5.10 Å². The third-order valence-electron chi connectivity index (χ3n) is 4.11. The monoisotopic (exact) mass is 379 g/mol. The molecule has 1 aromatic carbocycles. The molecule has 4 aromatic rings. The van der Waals surface area contributed by atoms with Crippen LogP contribution in [0.25, 0.3) is 22.2 Å². The summed E-state index contributed by atoms with van der Waals surface area (Å²) >= 11 is 6.28. The summed E-state index contributed by atoms with van der Waals surface area (Å²) in [5, 5.41) is 9.20. The summed E-state index contributed by atoms with van der Waals surface area (Å²) in [7, 11) is 0. The Labute approximate surface area is 151 Å². The van der Waals surface area contributed by atoms with E-state index < -0.39 is 12.0 Å². The molecule has 0 aliphatic rings. The first-order valence-electron chi connectivity index (χ1n) is 7.87. The van der Waals surface area contributed by atoms with Crippen LogP contribution >= 0.6 is 11.6 Å². The number of pyridine rings is 1. The smallest absolute Gasteiger partial charge is 0.228 e. The molecule has 0 fully saturated rings. The van der Waals surface area contributed by atoms with Gasteiger partial charge in [0, 0.05) is 11.1 Å². The van der Waals surface area contributed by atoms with Crippen LogP contribution in [-0.2, 0) is 6.18 Å². The lowest BCUT2D eigenvalue weighted by Crippen LogP contribution is -2.08. The molecule has 0 amide bonds. The molecule has 0 N–H and O–H groups in total. The number of nitrogens with zero attached hydrogens (tertiary/aromatic N) is 5. The summed E-state index contributed by atoms with van der Waals surface area (Å²) in [4.78, 5) is 3.74. The van der Waals surface area contributed by atoms with E-state index in [2.05, 4.69) is 15.2 Å². The highest BCUT2D eigenvalue weighted by Crippen LogP contribution is 2.31. The zero-order valence-electron chi connectivity index (χ0n) is 13.8. The molecule has 3 heterocycles. The van der Waals surface area contributed by atoms with Crippen molar-refractivity contribution in [2.24, 2.45) is 0 Å². The first-order valence-corrected chi connectivity index (χ1v) is 8.24. The van der Waals surface area contributed by atoms with Crippen molar-refractivity contribution in [3.63, 3.8) is 0 Å². The van der Waals surface area contributed by atoms with Crippen LogP contribution in [0.4, 0.5) is 13.2 Å². The van der Waals surface area contributed by atoms with Gasteiger partial charge < -0.3 is 0 Å². The number of alkyl halides is 3. The fourth-order valence-corrected chi connectivity index (χ4v) is 3.17. The van der Waals surface area contributed by atoms with E-state index in [1.165, 1.54) is 9.20 Å². The van der Waals surface area contributed by atoms with Crippen molar-refractivity contribution in [2.45, 2.75) is 25.9 Å². The molecular weight excluding hydrogens is 367 g/mol. The maximum absolute atomic E-state index is 13.2. The SMILES string of the molecule is CC(C)c1ccc(-n2ncc3cccc(Cl)c32)c2nc(C(F)(F)F)nn12. The van der Waals surface area contributed by atoms with E-state index in [0.29, 0.717) is 21.9 Å². The fraction of sp³-hybridized carbons (Fsp3) is 0.235. The molecule has 0 saturated heterocycles. The highest BCUT2D eigenvalue weighted by Gasteiger charge is 2.37. The number of benzene rings is 1. The molecule has 26 heavy (non-hydrogen) atoms. The molecule has 0 unspecified atom stereocenters. The van der Waals surface area contributed by atoms with E-state index in [4.69, 9.17) is 11.6 Å². The Bertz CT molecular complexity index is 1130. The molecule has 134 valence electrons. The lowest BCUT2D eigenvalue weighted by molar-refractivity contribution is -0.144. The van der Waals surface area contributed by atoms with Gasteiger partial charge in [0.15, 0.2) is 5.65 Å². The Morgan fingerprint density at radius 2 is 1.88 bits per heavy atom. The second kappa shape index (κ2) is 5.70. The molecule has 3 aromatic heterocycles. The highest BCUT2D eigenvalue weighted by molar-refractivity contribution is 6.35. The Balaban J connectivity index is 2.07. The highest BCUT2D eigenvalue weighted by atomic mass is 35.5. The number of hydrogen-bond acceptors (Lipinski definition) is 3. The molecule has 0 aliphatic carbocycles. The van der Waals surface area contributed by atoms with Gasteiger partial charge in [0.2, 0.25) is 0 Å². The summed E-state index contributed by atoms with van der Waals surface area (Å²) in [6, 6.07) is 8.73. The average Bonchev–Trinajstić information content (AvgIpc) is 3.18. The van der Waals surface area contributed by atoms with Gasteiger partial charge in [0.05, 0.1) is 16.7 Å². The zero-order chi connectivity index (χ0) is 18.6. The van der Waals surface area contributed by atoms with Crippen molar-refractivity contribution in [3.05, 3.63) is 53.1 Å². The number of fused-ring (bicyclic) bond motifs is 2. The van der Waals surface area contributed by atoms with Gasteiger partial charge in [-0.1, -0.05) is 37.6 Å². The van der Waals surface area contributed by atoms with Crippen LogP contribution < -0.4 is 0 Å². The van der Waals surface area contributed by atoms with E-state index in [1.54, 1.807) is 30.5 Å². The molecule has 0 radical (unpaired) electrons. The van der Waals surface area contributed by atoms with Gasteiger partial charge in [-0.05, 0) is 24.1 Å². The van der Waals surface area contributed by atoms with Crippen LogP contribution in [-0.4, -0.2) is 24.4 Å². The van der Waals surface area contributed by atoms with Crippen molar-refractivity contribution >= 4 is 28.2 Å². The van der Waals surface area contributed by atoms with E-state index in [-0.39, 0.29) is 11.6 Å². The second-order valence-electron chi connectivity index (χ2n) is 6.20. The van der Waals surface area contributed by atoms with Crippen LogP contribution in [0.3, 0.4) is 0 Å². The molecule has 0 saturated carbocycles. The van der Waals surface area contributed by atoms with Gasteiger partial charge in [-0.25, -0.2) is 14.2 Å². The summed E-state index contributed by atoms with van der Waals surface area (Å²) in [5.41, 5.74) is 1.67. The predicted molar refractivity (Wildman–Crippen MR) is 91.7 cm³/mol. The number of rotatable bonds is 2. The van der Waals surface area contributed by atoms with Crippen LogP contribution in [0.5, 0.6) is 0 Å². The molecule has 0 aliphatic heterocycles. The normalized spacial score (nSPS) is 12.6. The predicted octanol–water partition coefficient (Wildman–Crippen LogP) is 4.86. The maximum Gasteiger partial charge on any atom is 0.453 e. The Morgan fingerprint density at radius 1 is 1.12 bits per heavy atom. The van der Waals surface area contributed by atoms with Gasteiger partial charge in [-0.2, -0.15) is 18.3 Å². The Kier molecular flexibility index (Phi) is 3.69. The van der Waals surface area contributed by atoms with E-state index in [0.717, 1.165) is 5.39 Å². The lowest BCUT2D eigenvalue weighted by Gasteiger charge is -2.11. The molecule has 0 spiro atoms. The van der Waals surface area contributed by atoms with E-state index in [1.807, 2.05) is 19.9 Å². The maximum atomic E-state index is 13.2. The summed E-state index contributed by atoms with van der Waals surface area (Å²) in [5.74, 6) is -1.22. The minimum atomic E-state index is -4.64. The van der Waals surface area contributed by atoms with Crippen molar-refractivity contribution in [1.29, 1.82) is 0 Å².